The van der Waals surface area contributed by atoms with Crippen LogP contribution in [0.4, 0.5) is 23.7 Å². The molecule has 1 fully saturated rings. The molecular weight excluding hydrogens is 357 g/mol. The first-order valence-electron chi connectivity index (χ1n) is 7.28. The largest absolute Gasteiger partial charge is 0.422 e. The number of amidine groups is 1. The summed E-state index contributed by atoms with van der Waals surface area (Å²) in [6.45, 7) is 0.777. The molecule has 26 heavy (non-hydrogen) atoms. The fraction of sp³-hybridized carbons (Fsp3) is 0.267. The highest BCUT2D eigenvalue weighted by Gasteiger charge is 2.73. The van der Waals surface area contributed by atoms with Gasteiger partial charge < -0.3 is 5.32 Å². The van der Waals surface area contributed by atoms with E-state index < -0.39 is 47.2 Å². The van der Waals surface area contributed by atoms with Crippen LogP contribution < -0.4 is 15.5 Å². The number of hydrogen-bond acceptors (Lipinski definition) is 4. The number of aliphatic imine (C=N–C) groups is 1. The van der Waals surface area contributed by atoms with Crippen LogP contribution in [0.2, 0.25) is 0 Å². The van der Waals surface area contributed by atoms with Crippen LogP contribution in [0.15, 0.2) is 35.3 Å². The maximum absolute atomic E-state index is 13.8. The summed E-state index contributed by atoms with van der Waals surface area (Å²) in [6, 6.07) is 6.36. The number of anilines is 1. The SMILES string of the molecule is CC(=O)NC1(C(F)(F)F)C(=O)N=C2C1C(=O)NC(=O)N2c1ccccc1. The van der Waals surface area contributed by atoms with Crippen LogP contribution in [0.1, 0.15) is 6.92 Å². The minimum absolute atomic E-state index is 0.106. The fourth-order valence-electron chi connectivity index (χ4n) is 2.99. The highest BCUT2D eigenvalue weighted by Crippen LogP contribution is 2.44. The lowest BCUT2D eigenvalue weighted by atomic mass is 9.81. The number of carbonyl (C=O) groups excluding carboxylic acids is 4. The zero-order valence-corrected chi connectivity index (χ0v) is 13.1. The molecule has 0 saturated carbocycles. The van der Waals surface area contributed by atoms with Gasteiger partial charge in [0.05, 0.1) is 5.69 Å². The number of imide groups is 1. The zero-order chi connectivity index (χ0) is 19.3. The van der Waals surface area contributed by atoms with Crippen molar-refractivity contribution in [2.45, 2.75) is 18.6 Å². The lowest BCUT2D eigenvalue weighted by molar-refractivity contribution is -0.205. The molecule has 2 unspecified atom stereocenters. The van der Waals surface area contributed by atoms with Crippen LogP contribution in [-0.4, -0.2) is 41.3 Å². The number of hydrogen-bond donors (Lipinski definition) is 2. The van der Waals surface area contributed by atoms with Crippen molar-refractivity contribution in [2.24, 2.45) is 10.9 Å². The van der Waals surface area contributed by atoms with Gasteiger partial charge in [-0.25, -0.2) is 9.69 Å². The lowest BCUT2D eigenvalue weighted by Crippen LogP contribution is -2.72. The Kier molecular flexibility index (Phi) is 3.82. The summed E-state index contributed by atoms with van der Waals surface area (Å²) in [6.07, 6.45) is -5.33. The molecule has 8 nitrogen and oxygen atoms in total. The van der Waals surface area contributed by atoms with E-state index in [0.717, 1.165) is 6.92 Å². The number of rotatable bonds is 2. The Balaban J connectivity index is 2.19. The Hall–Kier alpha value is -3.24. The Morgan fingerprint density at radius 2 is 1.85 bits per heavy atom. The summed E-state index contributed by atoms with van der Waals surface area (Å²) < 4.78 is 41.4. The van der Waals surface area contributed by atoms with Crippen LogP contribution in [0.25, 0.3) is 0 Å². The second-order valence-electron chi connectivity index (χ2n) is 5.66. The molecule has 5 amide bonds. The molecule has 1 saturated heterocycles. The van der Waals surface area contributed by atoms with Gasteiger partial charge in [0.15, 0.2) is 0 Å². The van der Waals surface area contributed by atoms with Crippen molar-refractivity contribution in [1.82, 2.24) is 10.6 Å². The van der Waals surface area contributed by atoms with Crippen molar-refractivity contribution in [1.29, 1.82) is 0 Å². The summed E-state index contributed by atoms with van der Waals surface area (Å²) in [4.78, 5) is 52.0. The molecule has 0 aliphatic carbocycles. The predicted molar refractivity (Wildman–Crippen MR) is 81.0 cm³/mol. The van der Waals surface area contributed by atoms with Crippen molar-refractivity contribution < 1.29 is 32.3 Å². The standard InChI is InChI=1S/C15H11F3N4O4/c1-7(23)21-14(15(16,17)18)9-10(19-12(14)25)22(13(26)20-11(9)24)8-5-3-2-4-6-8/h2-6,9H,1H3,(H,21,23)(H,20,24,26). The van der Waals surface area contributed by atoms with Gasteiger partial charge in [0.2, 0.25) is 17.4 Å². The maximum Gasteiger partial charge on any atom is 0.422 e. The minimum atomic E-state index is -5.33. The van der Waals surface area contributed by atoms with Crippen molar-refractivity contribution in [3.05, 3.63) is 30.3 Å². The lowest BCUT2D eigenvalue weighted by Gasteiger charge is -2.38. The van der Waals surface area contributed by atoms with Gasteiger partial charge in [-0.15, -0.1) is 0 Å². The normalized spacial score (nSPS) is 25.5. The second-order valence-corrected chi connectivity index (χ2v) is 5.66. The van der Waals surface area contributed by atoms with E-state index in [4.69, 9.17) is 0 Å². The Labute approximate surface area is 144 Å². The van der Waals surface area contributed by atoms with E-state index in [1.807, 2.05) is 0 Å². The number of benzene rings is 1. The summed E-state index contributed by atoms with van der Waals surface area (Å²) in [5.41, 5.74) is -3.47. The molecule has 136 valence electrons. The summed E-state index contributed by atoms with van der Waals surface area (Å²) >= 11 is 0. The topological polar surface area (TPSA) is 108 Å². The number of fused-ring (bicyclic) bond motifs is 1. The smallest absolute Gasteiger partial charge is 0.333 e. The molecule has 2 heterocycles. The molecule has 1 aromatic carbocycles. The van der Waals surface area contributed by atoms with Gasteiger partial charge in [0, 0.05) is 6.92 Å². The minimum Gasteiger partial charge on any atom is -0.333 e. The Morgan fingerprint density at radius 1 is 1.23 bits per heavy atom. The summed E-state index contributed by atoms with van der Waals surface area (Å²) in [5.74, 6) is -7.26. The molecule has 0 aromatic heterocycles. The number of halogens is 3. The molecule has 0 spiro atoms. The third kappa shape index (κ3) is 2.35. The van der Waals surface area contributed by atoms with E-state index in [1.165, 1.54) is 29.6 Å². The van der Waals surface area contributed by atoms with Crippen LogP contribution in [-0.2, 0) is 14.4 Å². The predicted octanol–water partition coefficient (Wildman–Crippen LogP) is 0.735. The third-order valence-electron chi connectivity index (χ3n) is 4.00. The van der Waals surface area contributed by atoms with E-state index in [0.29, 0.717) is 4.90 Å². The molecule has 0 bridgehead atoms. The molecule has 2 N–H and O–H groups in total. The highest BCUT2D eigenvalue weighted by atomic mass is 19.4. The highest BCUT2D eigenvalue weighted by molar-refractivity contribution is 6.35. The number of carbonyl (C=O) groups is 4. The number of alkyl halides is 3. The Morgan fingerprint density at radius 3 is 2.38 bits per heavy atom. The van der Waals surface area contributed by atoms with Crippen molar-refractivity contribution in [3.8, 4) is 0 Å². The van der Waals surface area contributed by atoms with Crippen LogP contribution >= 0.6 is 0 Å². The average Bonchev–Trinajstić information content (AvgIpc) is 2.81. The van der Waals surface area contributed by atoms with Gasteiger partial charge in [-0.05, 0) is 12.1 Å². The van der Waals surface area contributed by atoms with Crippen LogP contribution in [0, 0.1) is 5.92 Å². The van der Waals surface area contributed by atoms with E-state index in [1.54, 1.807) is 11.4 Å². The second kappa shape index (κ2) is 5.64. The zero-order valence-electron chi connectivity index (χ0n) is 13.1. The van der Waals surface area contributed by atoms with Crippen LogP contribution in [0.5, 0.6) is 0 Å². The molecule has 11 heteroatoms. The molecule has 3 rings (SSSR count). The van der Waals surface area contributed by atoms with Crippen molar-refractivity contribution in [3.63, 3.8) is 0 Å². The van der Waals surface area contributed by atoms with Crippen molar-refractivity contribution >= 4 is 35.3 Å². The molecule has 1 aromatic rings. The first-order chi connectivity index (χ1) is 12.1. The maximum atomic E-state index is 13.8. The van der Waals surface area contributed by atoms with E-state index >= 15 is 0 Å². The van der Waals surface area contributed by atoms with Gasteiger partial charge in [-0.2, -0.15) is 18.2 Å². The Bertz CT molecular complexity index is 852. The molecule has 0 radical (unpaired) electrons. The fourth-order valence-corrected chi connectivity index (χ4v) is 2.99. The van der Waals surface area contributed by atoms with Crippen LogP contribution in [0.3, 0.4) is 0 Å². The van der Waals surface area contributed by atoms with Gasteiger partial charge in [0.1, 0.15) is 11.8 Å². The molecular formula is C15H11F3N4O4. The van der Waals surface area contributed by atoms with Gasteiger partial charge in [0.25, 0.3) is 5.91 Å². The average molecular weight is 368 g/mol. The number of nitrogens with one attached hydrogen (secondary N) is 2. The van der Waals surface area contributed by atoms with Gasteiger partial charge in [-0.1, -0.05) is 18.2 Å². The van der Waals surface area contributed by atoms with E-state index in [9.17, 15) is 32.3 Å². The van der Waals surface area contributed by atoms with Crippen molar-refractivity contribution in [2.75, 3.05) is 4.90 Å². The van der Waals surface area contributed by atoms with E-state index in [-0.39, 0.29) is 5.69 Å². The first-order valence-corrected chi connectivity index (χ1v) is 7.28. The number of urea groups is 1. The first kappa shape index (κ1) is 17.6. The quantitative estimate of drug-likeness (QED) is 0.802. The van der Waals surface area contributed by atoms with Gasteiger partial charge in [-0.3, -0.25) is 19.7 Å². The monoisotopic (exact) mass is 368 g/mol. The summed E-state index contributed by atoms with van der Waals surface area (Å²) in [7, 11) is 0. The molecule has 2 aliphatic heterocycles. The summed E-state index contributed by atoms with van der Waals surface area (Å²) in [5, 5.41) is 3.32. The molecule has 2 atom stereocenters. The number of amides is 5. The van der Waals surface area contributed by atoms with Gasteiger partial charge >= 0.3 is 12.2 Å². The number of para-hydroxylation sites is 1. The third-order valence-corrected chi connectivity index (χ3v) is 4.00. The van der Waals surface area contributed by atoms with E-state index in [2.05, 4.69) is 4.99 Å². The number of nitrogens with zero attached hydrogens (tertiary/aromatic N) is 2. The molecule has 2 aliphatic rings.